The number of piperidine rings is 2. The second-order valence-electron chi connectivity index (χ2n) is 7.56. The van der Waals surface area contributed by atoms with Crippen LogP contribution in [0.1, 0.15) is 31.4 Å². The van der Waals surface area contributed by atoms with Crippen LogP contribution in [0.25, 0.3) is 11.0 Å². The van der Waals surface area contributed by atoms with Gasteiger partial charge in [-0.2, -0.15) is 0 Å². The molecule has 2 aliphatic rings. The van der Waals surface area contributed by atoms with Gasteiger partial charge in [0, 0.05) is 44.9 Å². The summed E-state index contributed by atoms with van der Waals surface area (Å²) >= 11 is 0. The largest absolute Gasteiger partial charge is 0.355 e. The van der Waals surface area contributed by atoms with Crippen LogP contribution in [0.5, 0.6) is 0 Å². The fraction of sp³-hybridized carbons (Fsp3) is 0.550. The zero-order valence-corrected chi connectivity index (χ0v) is 15.5. The number of aryl methyl sites for hydroxylation is 1. The topological polar surface area (TPSA) is 49.3 Å². The number of carbonyl (C=O) groups is 1. The van der Waals surface area contributed by atoms with Gasteiger partial charge < -0.3 is 9.80 Å². The molecule has 2 aromatic rings. The lowest BCUT2D eigenvalue weighted by Gasteiger charge is -2.37. The number of halogens is 2. The Morgan fingerprint density at radius 1 is 1.04 bits per heavy atom. The smallest absolute Gasteiger partial charge is 0.251 e. The van der Waals surface area contributed by atoms with E-state index in [1.807, 2.05) is 31.2 Å². The van der Waals surface area contributed by atoms with E-state index < -0.39 is 5.92 Å². The van der Waals surface area contributed by atoms with Crippen molar-refractivity contribution >= 4 is 22.8 Å². The number of fused-ring (bicyclic) bond motifs is 1. The van der Waals surface area contributed by atoms with Crippen molar-refractivity contribution in [2.24, 2.45) is 5.92 Å². The fourth-order valence-corrected chi connectivity index (χ4v) is 4.03. The van der Waals surface area contributed by atoms with Crippen LogP contribution in [0.15, 0.2) is 24.3 Å². The predicted molar refractivity (Wildman–Crippen MR) is 100.0 cm³/mol. The van der Waals surface area contributed by atoms with Gasteiger partial charge in [-0.1, -0.05) is 12.1 Å². The molecule has 0 radical (unpaired) electrons. The van der Waals surface area contributed by atoms with Gasteiger partial charge in [-0.3, -0.25) is 4.79 Å². The normalized spacial score (nSPS) is 20.9. The van der Waals surface area contributed by atoms with Gasteiger partial charge in [0.25, 0.3) is 5.92 Å². The van der Waals surface area contributed by atoms with Crippen LogP contribution in [-0.2, 0) is 4.79 Å². The second-order valence-corrected chi connectivity index (χ2v) is 7.56. The van der Waals surface area contributed by atoms with Crippen LogP contribution in [0.3, 0.4) is 0 Å². The van der Waals surface area contributed by atoms with Crippen LogP contribution in [0.2, 0.25) is 0 Å². The van der Waals surface area contributed by atoms with E-state index in [0.29, 0.717) is 0 Å². The maximum Gasteiger partial charge on any atom is 0.251 e. The second kappa shape index (κ2) is 7.02. The molecule has 3 heterocycles. The quantitative estimate of drug-likeness (QED) is 0.808. The number of hydrogen-bond donors (Lipinski definition) is 0. The van der Waals surface area contributed by atoms with E-state index in [-0.39, 0.29) is 37.8 Å². The average molecular weight is 374 g/mol. The molecule has 0 atom stereocenters. The molecule has 1 aromatic carbocycles. The first-order valence-corrected chi connectivity index (χ1v) is 9.58. The van der Waals surface area contributed by atoms with Crippen molar-refractivity contribution in [1.29, 1.82) is 0 Å². The minimum Gasteiger partial charge on any atom is -0.355 e. The van der Waals surface area contributed by atoms with Gasteiger partial charge in [-0.05, 0) is 31.9 Å². The molecule has 0 N–H and O–H groups in total. The molecule has 1 aromatic heterocycles. The molecule has 0 saturated carbocycles. The van der Waals surface area contributed by atoms with Crippen molar-refractivity contribution in [3.63, 3.8) is 0 Å². The Bertz CT molecular complexity index is 839. The number of alkyl halides is 2. The first-order chi connectivity index (χ1) is 12.9. The standard InChI is InChI=1S/C20H24F2N4O/c1-14-18(24-17-5-3-2-4-16(17)23-14)25-10-6-15(7-11-25)19(27)26-12-8-20(21,22)9-13-26/h2-5,15H,6-13H2,1H3. The number of likely N-dealkylation sites (tertiary alicyclic amines) is 1. The molecular weight excluding hydrogens is 350 g/mol. The first kappa shape index (κ1) is 18.1. The number of anilines is 1. The van der Waals surface area contributed by atoms with Gasteiger partial charge in [-0.25, -0.2) is 18.7 Å². The van der Waals surface area contributed by atoms with E-state index in [2.05, 4.69) is 9.88 Å². The summed E-state index contributed by atoms with van der Waals surface area (Å²) in [4.78, 5) is 25.9. The third kappa shape index (κ3) is 3.73. The van der Waals surface area contributed by atoms with E-state index in [1.165, 1.54) is 0 Å². The van der Waals surface area contributed by atoms with Gasteiger partial charge >= 0.3 is 0 Å². The third-order valence-corrected chi connectivity index (χ3v) is 5.67. The zero-order chi connectivity index (χ0) is 19.0. The lowest BCUT2D eigenvalue weighted by molar-refractivity contribution is -0.142. The van der Waals surface area contributed by atoms with E-state index in [1.54, 1.807) is 4.90 Å². The molecule has 2 fully saturated rings. The van der Waals surface area contributed by atoms with E-state index >= 15 is 0 Å². The molecule has 0 bridgehead atoms. The predicted octanol–water partition coefficient (Wildman–Crippen LogP) is 3.41. The van der Waals surface area contributed by atoms with Gasteiger partial charge in [0.2, 0.25) is 5.91 Å². The Balaban J connectivity index is 1.40. The summed E-state index contributed by atoms with van der Waals surface area (Å²) in [6.45, 7) is 3.76. The molecule has 144 valence electrons. The average Bonchev–Trinajstić information content (AvgIpc) is 2.67. The number of aromatic nitrogens is 2. The Hall–Kier alpha value is -2.31. The molecule has 0 aliphatic carbocycles. The Labute approximate surface area is 157 Å². The number of carbonyl (C=O) groups excluding carboxylic acids is 1. The number of amides is 1. The number of benzene rings is 1. The van der Waals surface area contributed by atoms with Gasteiger partial charge in [-0.15, -0.1) is 0 Å². The van der Waals surface area contributed by atoms with Gasteiger partial charge in [0.1, 0.15) is 0 Å². The Morgan fingerprint density at radius 3 is 2.26 bits per heavy atom. The molecule has 27 heavy (non-hydrogen) atoms. The van der Waals surface area contributed by atoms with E-state index in [9.17, 15) is 13.6 Å². The summed E-state index contributed by atoms with van der Waals surface area (Å²) in [5.41, 5.74) is 2.63. The molecule has 0 unspecified atom stereocenters. The SMILES string of the molecule is Cc1nc2ccccc2nc1N1CCC(C(=O)N2CCC(F)(F)CC2)CC1. The highest BCUT2D eigenvalue weighted by molar-refractivity contribution is 5.79. The Kier molecular flexibility index (Phi) is 4.70. The number of nitrogens with zero attached hydrogens (tertiary/aromatic N) is 4. The highest BCUT2D eigenvalue weighted by Crippen LogP contribution is 2.31. The van der Waals surface area contributed by atoms with Crippen molar-refractivity contribution in [2.45, 2.75) is 38.5 Å². The molecule has 4 rings (SSSR count). The van der Waals surface area contributed by atoms with E-state index in [0.717, 1.165) is 48.5 Å². The summed E-state index contributed by atoms with van der Waals surface area (Å²) in [6, 6.07) is 7.80. The molecule has 7 heteroatoms. The molecular formula is C20H24F2N4O. The zero-order valence-electron chi connectivity index (χ0n) is 15.5. The summed E-state index contributed by atoms with van der Waals surface area (Å²) in [7, 11) is 0. The number of hydrogen-bond acceptors (Lipinski definition) is 4. The van der Waals surface area contributed by atoms with Crippen molar-refractivity contribution in [3.8, 4) is 0 Å². The van der Waals surface area contributed by atoms with Crippen molar-refractivity contribution < 1.29 is 13.6 Å². The highest BCUT2D eigenvalue weighted by atomic mass is 19.3. The molecule has 5 nitrogen and oxygen atoms in total. The van der Waals surface area contributed by atoms with Crippen LogP contribution in [-0.4, -0.2) is 52.9 Å². The monoisotopic (exact) mass is 374 g/mol. The maximum atomic E-state index is 13.3. The van der Waals surface area contributed by atoms with Crippen LogP contribution in [0, 0.1) is 12.8 Å². The summed E-state index contributed by atoms with van der Waals surface area (Å²) < 4.78 is 26.6. The molecule has 1 amide bonds. The van der Waals surface area contributed by atoms with Crippen LogP contribution < -0.4 is 4.90 Å². The molecule has 2 aliphatic heterocycles. The minimum absolute atomic E-state index is 0.0338. The van der Waals surface area contributed by atoms with Crippen molar-refractivity contribution in [3.05, 3.63) is 30.0 Å². The summed E-state index contributed by atoms with van der Waals surface area (Å²) in [5, 5.41) is 0. The van der Waals surface area contributed by atoms with Crippen LogP contribution in [0.4, 0.5) is 14.6 Å². The summed E-state index contributed by atoms with van der Waals surface area (Å²) in [6.07, 6.45) is 1.01. The number of rotatable bonds is 2. The van der Waals surface area contributed by atoms with Crippen molar-refractivity contribution in [1.82, 2.24) is 14.9 Å². The highest BCUT2D eigenvalue weighted by Gasteiger charge is 2.38. The minimum atomic E-state index is -2.62. The van der Waals surface area contributed by atoms with Gasteiger partial charge in [0.15, 0.2) is 5.82 Å². The van der Waals surface area contributed by atoms with Crippen molar-refractivity contribution in [2.75, 3.05) is 31.1 Å². The summed E-state index contributed by atoms with van der Waals surface area (Å²) in [5.74, 6) is -1.79. The lowest BCUT2D eigenvalue weighted by atomic mass is 9.94. The maximum absolute atomic E-state index is 13.3. The van der Waals surface area contributed by atoms with Gasteiger partial charge in [0.05, 0.1) is 16.7 Å². The first-order valence-electron chi connectivity index (χ1n) is 9.58. The fourth-order valence-electron chi connectivity index (χ4n) is 4.03. The number of para-hydroxylation sites is 2. The molecule has 2 saturated heterocycles. The Morgan fingerprint density at radius 2 is 1.63 bits per heavy atom. The van der Waals surface area contributed by atoms with E-state index in [4.69, 9.17) is 4.98 Å². The molecule has 0 spiro atoms. The lowest BCUT2D eigenvalue weighted by Crippen LogP contribution is -2.47. The third-order valence-electron chi connectivity index (χ3n) is 5.67. The van der Waals surface area contributed by atoms with Crippen LogP contribution >= 0.6 is 0 Å².